The van der Waals surface area contributed by atoms with Gasteiger partial charge in [-0.2, -0.15) is 0 Å². The third kappa shape index (κ3) is 5.19. The first kappa shape index (κ1) is 22.1. The van der Waals surface area contributed by atoms with Crippen LogP contribution in [0.2, 0.25) is 0 Å². The van der Waals surface area contributed by atoms with Gasteiger partial charge in [0, 0.05) is 20.6 Å². The van der Waals surface area contributed by atoms with E-state index in [0.29, 0.717) is 5.75 Å². The molecular weight excluding hydrogens is 411 g/mol. The van der Waals surface area contributed by atoms with Gasteiger partial charge < -0.3 is 9.47 Å². The van der Waals surface area contributed by atoms with Gasteiger partial charge in [-0.1, -0.05) is 0 Å². The second-order valence-electron chi connectivity index (χ2n) is 5.80. The molecule has 0 aliphatic rings. The monoisotopic (exact) mass is 432 g/mol. The summed E-state index contributed by atoms with van der Waals surface area (Å²) in [6.07, 6.45) is 0. The van der Waals surface area contributed by atoms with Crippen molar-refractivity contribution in [1.29, 1.82) is 0 Å². The largest absolute Gasteiger partial charge is 0.494 e. The van der Waals surface area contributed by atoms with Gasteiger partial charge in [0.05, 0.1) is 16.9 Å². The number of rotatable bonds is 9. The van der Waals surface area contributed by atoms with Crippen LogP contribution >= 0.6 is 0 Å². The normalized spacial score (nSPS) is 12.2. The molecule has 0 fully saturated rings. The van der Waals surface area contributed by atoms with Gasteiger partial charge in [-0.05, 0) is 42.5 Å². The molecule has 1 N–H and O–H groups in total. The van der Waals surface area contributed by atoms with E-state index < -0.39 is 25.9 Å². The van der Waals surface area contributed by atoms with E-state index in [1.54, 1.807) is 0 Å². The van der Waals surface area contributed by atoms with Crippen LogP contribution in [-0.2, 0) is 20.0 Å². The smallest absolute Gasteiger partial charge is 0.242 e. The second-order valence-corrected chi connectivity index (χ2v) is 9.72. The Bertz CT molecular complexity index is 1020. The molecular formula is C17H21FN2O6S2. The van der Waals surface area contributed by atoms with Crippen molar-refractivity contribution in [2.75, 3.05) is 34.4 Å². The molecule has 0 radical (unpaired) electrons. The summed E-state index contributed by atoms with van der Waals surface area (Å²) in [6, 6.07) is 9.07. The first-order valence-corrected chi connectivity index (χ1v) is 11.0. The van der Waals surface area contributed by atoms with Crippen LogP contribution in [-0.4, -0.2) is 55.5 Å². The molecule has 28 heavy (non-hydrogen) atoms. The zero-order chi connectivity index (χ0) is 20.9. The van der Waals surface area contributed by atoms with Crippen molar-refractivity contribution in [2.45, 2.75) is 9.79 Å². The molecule has 0 aromatic heterocycles. The van der Waals surface area contributed by atoms with Crippen LogP contribution in [0, 0.1) is 5.82 Å². The average molecular weight is 432 g/mol. The molecule has 0 aliphatic carbocycles. The number of nitrogens with one attached hydrogen (secondary N) is 1. The molecule has 0 atom stereocenters. The summed E-state index contributed by atoms with van der Waals surface area (Å²) in [5.74, 6) is -0.455. The van der Waals surface area contributed by atoms with Crippen molar-refractivity contribution in [3.05, 3.63) is 48.3 Å². The summed E-state index contributed by atoms with van der Waals surface area (Å²) in [7, 11) is -3.29. The van der Waals surface area contributed by atoms with E-state index in [4.69, 9.17) is 9.47 Å². The Morgan fingerprint density at radius 3 is 2.14 bits per heavy atom. The van der Waals surface area contributed by atoms with Crippen molar-refractivity contribution >= 4 is 20.0 Å². The van der Waals surface area contributed by atoms with E-state index in [-0.39, 0.29) is 28.7 Å². The van der Waals surface area contributed by atoms with E-state index >= 15 is 0 Å². The molecule has 2 aromatic carbocycles. The summed E-state index contributed by atoms with van der Waals surface area (Å²) in [5, 5.41) is 0. The SMILES string of the molecule is COc1ccc(S(=O)(=O)NCCOc2ccc(S(=O)(=O)N(C)C)cc2)cc1F. The topological polar surface area (TPSA) is 102 Å². The average Bonchev–Trinajstić information content (AvgIpc) is 2.65. The van der Waals surface area contributed by atoms with Gasteiger partial charge >= 0.3 is 0 Å². The van der Waals surface area contributed by atoms with E-state index in [0.717, 1.165) is 10.4 Å². The Morgan fingerprint density at radius 2 is 1.61 bits per heavy atom. The maximum atomic E-state index is 13.7. The number of nitrogens with zero attached hydrogens (tertiary/aromatic N) is 1. The number of sulfonamides is 2. The van der Waals surface area contributed by atoms with Crippen LogP contribution in [0.4, 0.5) is 4.39 Å². The highest BCUT2D eigenvalue weighted by molar-refractivity contribution is 7.89. The maximum Gasteiger partial charge on any atom is 0.242 e. The molecule has 0 aliphatic heterocycles. The Labute approximate surface area is 164 Å². The fraction of sp³-hybridized carbons (Fsp3) is 0.294. The van der Waals surface area contributed by atoms with Gasteiger partial charge in [0.15, 0.2) is 11.6 Å². The standard InChI is InChI=1S/C17H21FN2O6S2/c1-20(2)28(23,24)14-6-4-13(5-7-14)26-11-10-19-27(21,22)15-8-9-17(25-3)16(18)12-15/h4-9,12,19H,10-11H2,1-3H3. The lowest BCUT2D eigenvalue weighted by molar-refractivity contribution is 0.322. The lowest BCUT2D eigenvalue weighted by atomic mass is 10.3. The highest BCUT2D eigenvalue weighted by Gasteiger charge is 2.17. The van der Waals surface area contributed by atoms with Crippen LogP contribution in [0.1, 0.15) is 0 Å². The van der Waals surface area contributed by atoms with Gasteiger partial charge in [0.25, 0.3) is 0 Å². The Morgan fingerprint density at radius 1 is 1.00 bits per heavy atom. The third-order valence-electron chi connectivity index (χ3n) is 3.70. The Balaban J connectivity index is 1.92. The number of ether oxygens (including phenoxy) is 2. The summed E-state index contributed by atoms with van der Waals surface area (Å²) >= 11 is 0. The first-order chi connectivity index (χ1) is 13.1. The molecule has 0 unspecified atom stereocenters. The van der Waals surface area contributed by atoms with Crippen LogP contribution in [0.5, 0.6) is 11.5 Å². The molecule has 0 heterocycles. The second kappa shape index (κ2) is 8.86. The fourth-order valence-electron chi connectivity index (χ4n) is 2.16. The minimum absolute atomic E-state index is 0.00234. The number of methoxy groups -OCH3 is 1. The fourth-order valence-corrected chi connectivity index (χ4v) is 4.09. The molecule has 11 heteroatoms. The number of halogens is 1. The quantitative estimate of drug-likeness (QED) is 0.602. The third-order valence-corrected chi connectivity index (χ3v) is 6.99. The van der Waals surface area contributed by atoms with Gasteiger partial charge in [-0.25, -0.2) is 30.3 Å². The van der Waals surface area contributed by atoms with Gasteiger partial charge in [0.1, 0.15) is 12.4 Å². The van der Waals surface area contributed by atoms with Crippen LogP contribution in [0.3, 0.4) is 0 Å². The van der Waals surface area contributed by atoms with Crippen molar-refractivity contribution < 1.29 is 30.7 Å². The van der Waals surface area contributed by atoms with Crippen LogP contribution in [0.15, 0.2) is 52.3 Å². The summed E-state index contributed by atoms with van der Waals surface area (Å²) in [6.45, 7) is -0.0641. The van der Waals surface area contributed by atoms with E-state index in [2.05, 4.69) is 4.72 Å². The summed E-state index contributed by atoms with van der Waals surface area (Å²) < 4.78 is 75.5. The lowest BCUT2D eigenvalue weighted by Crippen LogP contribution is -2.28. The van der Waals surface area contributed by atoms with Crippen LogP contribution < -0.4 is 14.2 Å². The van der Waals surface area contributed by atoms with E-state index in [1.807, 2.05) is 0 Å². The summed E-state index contributed by atoms with van der Waals surface area (Å²) in [4.78, 5) is -0.115. The molecule has 2 rings (SSSR count). The molecule has 8 nitrogen and oxygen atoms in total. The van der Waals surface area contributed by atoms with Crippen molar-refractivity contribution in [1.82, 2.24) is 9.03 Å². The Kier molecular flexibility index (Phi) is 6.99. The minimum Gasteiger partial charge on any atom is -0.494 e. The molecule has 0 spiro atoms. The minimum atomic E-state index is -3.91. The molecule has 0 saturated heterocycles. The predicted molar refractivity (Wildman–Crippen MR) is 101 cm³/mol. The van der Waals surface area contributed by atoms with Gasteiger partial charge in [0.2, 0.25) is 20.0 Å². The molecule has 0 bridgehead atoms. The van der Waals surface area contributed by atoms with Gasteiger partial charge in [-0.3, -0.25) is 0 Å². The number of hydrogen-bond acceptors (Lipinski definition) is 6. The van der Waals surface area contributed by atoms with E-state index in [9.17, 15) is 21.2 Å². The predicted octanol–water partition coefficient (Wildman–Crippen LogP) is 1.44. The highest BCUT2D eigenvalue weighted by Crippen LogP contribution is 2.21. The molecule has 0 amide bonds. The molecule has 2 aromatic rings. The molecule has 154 valence electrons. The number of benzene rings is 2. The van der Waals surface area contributed by atoms with Crippen LogP contribution in [0.25, 0.3) is 0 Å². The summed E-state index contributed by atoms with van der Waals surface area (Å²) in [5.41, 5.74) is 0. The van der Waals surface area contributed by atoms with Gasteiger partial charge in [-0.15, -0.1) is 0 Å². The Hall–Kier alpha value is -2.21. The van der Waals surface area contributed by atoms with Crippen molar-refractivity contribution in [3.8, 4) is 11.5 Å². The zero-order valence-electron chi connectivity index (χ0n) is 15.5. The maximum absolute atomic E-state index is 13.7. The van der Waals surface area contributed by atoms with E-state index in [1.165, 1.54) is 57.6 Å². The van der Waals surface area contributed by atoms with Crippen molar-refractivity contribution in [2.24, 2.45) is 0 Å². The number of hydrogen-bond donors (Lipinski definition) is 1. The lowest BCUT2D eigenvalue weighted by Gasteiger charge is -2.12. The van der Waals surface area contributed by atoms with Crippen molar-refractivity contribution in [3.63, 3.8) is 0 Å². The first-order valence-electron chi connectivity index (χ1n) is 8.06. The molecule has 0 saturated carbocycles. The highest BCUT2D eigenvalue weighted by atomic mass is 32.2. The zero-order valence-corrected chi connectivity index (χ0v) is 17.2.